The van der Waals surface area contributed by atoms with E-state index in [4.69, 9.17) is 16.6 Å². The third kappa shape index (κ3) is 3.28. The number of hydrogen-bond acceptors (Lipinski definition) is 6. The Kier molecular flexibility index (Phi) is 4.47. The lowest BCUT2D eigenvalue weighted by Gasteiger charge is -2.20. The summed E-state index contributed by atoms with van der Waals surface area (Å²) in [5.41, 5.74) is 3.82. The SMILES string of the molecule is Clc1c(Nc2nnc(C3CCCn4cc(-c5ccccc5)nc43)s2)ccc2[nH]ncc12. The van der Waals surface area contributed by atoms with Crippen LogP contribution >= 0.6 is 22.9 Å². The summed E-state index contributed by atoms with van der Waals surface area (Å²) in [6, 6.07) is 14.2. The molecule has 0 bridgehead atoms. The average Bonchev–Trinajstić information content (AvgIpc) is 3.55. The van der Waals surface area contributed by atoms with Crippen LogP contribution in [0.3, 0.4) is 0 Å². The fourth-order valence-electron chi connectivity index (χ4n) is 4.08. The average molecular weight is 448 g/mol. The molecule has 154 valence electrons. The lowest BCUT2D eigenvalue weighted by Crippen LogP contribution is -2.16. The van der Waals surface area contributed by atoms with Gasteiger partial charge in [0.05, 0.1) is 34.0 Å². The molecule has 0 spiro atoms. The number of hydrogen-bond donors (Lipinski definition) is 2. The zero-order valence-electron chi connectivity index (χ0n) is 16.4. The van der Waals surface area contributed by atoms with Crippen molar-refractivity contribution < 1.29 is 0 Å². The van der Waals surface area contributed by atoms with Gasteiger partial charge < -0.3 is 9.88 Å². The minimum absolute atomic E-state index is 0.145. The maximum atomic E-state index is 6.54. The Morgan fingerprint density at radius 3 is 2.94 bits per heavy atom. The minimum Gasteiger partial charge on any atom is -0.334 e. The van der Waals surface area contributed by atoms with Crippen molar-refractivity contribution in [3.8, 4) is 11.3 Å². The number of benzene rings is 2. The largest absolute Gasteiger partial charge is 0.334 e. The summed E-state index contributed by atoms with van der Waals surface area (Å²) in [5, 5.41) is 22.3. The number of nitrogens with one attached hydrogen (secondary N) is 2. The molecular formula is C22H18ClN7S. The molecule has 0 radical (unpaired) electrons. The summed E-state index contributed by atoms with van der Waals surface area (Å²) >= 11 is 8.09. The van der Waals surface area contributed by atoms with Gasteiger partial charge in [-0.25, -0.2) is 4.98 Å². The van der Waals surface area contributed by atoms with Crippen molar-refractivity contribution in [2.45, 2.75) is 25.3 Å². The molecule has 9 heteroatoms. The highest BCUT2D eigenvalue weighted by Crippen LogP contribution is 2.38. The molecule has 3 aromatic heterocycles. The number of halogens is 1. The molecule has 5 aromatic rings. The van der Waals surface area contributed by atoms with E-state index in [1.807, 2.05) is 30.3 Å². The Balaban J connectivity index is 1.30. The normalized spacial score (nSPS) is 15.8. The van der Waals surface area contributed by atoms with E-state index < -0.39 is 0 Å². The number of H-pyrrole nitrogens is 1. The van der Waals surface area contributed by atoms with Gasteiger partial charge in [0.1, 0.15) is 10.8 Å². The first-order valence-corrected chi connectivity index (χ1v) is 11.3. The van der Waals surface area contributed by atoms with E-state index in [-0.39, 0.29) is 5.92 Å². The lowest BCUT2D eigenvalue weighted by molar-refractivity contribution is 0.477. The van der Waals surface area contributed by atoms with Crippen LogP contribution in [0.4, 0.5) is 10.8 Å². The van der Waals surface area contributed by atoms with Gasteiger partial charge in [0.2, 0.25) is 5.13 Å². The summed E-state index contributed by atoms with van der Waals surface area (Å²) in [4.78, 5) is 4.96. The van der Waals surface area contributed by atoms with Gasteiger partial charge >= 0.3 is 0 Å². The third-order valence-electron chi connectivity index (χ3n) is 5.62. The summed E-state index contributed by atoms with van der Waals surface area (Å²) in [5.74, 6) is 1.21. The number of imidazole rings is 1. The van der Waals surface area contributed by atoms with Crippen molar-refractivity contribution in [2.24, 2.45) is 0 Å². The predicted octanol–water partition coefficient (Wildman–Crippen LogP) is 5.60. The van der Waals surface area contributed by atoms with Gasteiger partial charge in [0.25, 0.3) is 0 Å². The van der Waals surface area contributed by atoms with Gasteiger partial charge in [0, 0.05) is 23.7 Å². The van der Waals surface area contributed by atoms with Crippen LogP contribution in [-0.2, 0) is 6.54 Å². The topological polar surface area (TPSA) is 84.3 Å². The maximum Gasteiger partial charge on any atom is 0.210 e. The number of fused-ring (bicyclic) bond motifs is 2. The Hall–Kier alpha value is -3.23. The Morgan fingerprint density at radius 1 is 1.13 bits per heavy atom. The van der Waals surface area contributed by atoms with E-state index in [1.165, 1.54) is 0 Å². The van der Waals surface area contributed by atoms with E-state index in [2.05, 4.69) is 48.6 Å². The van der Waals surface area contributed by atoms with Crippen LogP contribution in [0.15, 0.2) is 54.9 Å². The van der Waals surface area contributed by atoms with Crippen molar-refractivity contribution in [3.05, 3.63) is 70.7 Å². The van der Waals surface area contributed by atoms with Crippen LogP contribution < -0.4 is 5.32 Å². The standard InChI is InChI=1S/C22H18ClN7S/c23-19-15-11-24-27-16(15)8-9-17(19)26-22-29-28-21(31-22)14-7-4-10-30-12-18(25-20(14)30)13-5-2-1-3-6-13/h1-3,5-6,8-9,11-12,14H,4,7,10H2,(H,24,27)(H,26,29). The maximum absolute atomic E-state index is 6.54. The van der Waals surface area contributed by atoms with E-state index in [0.29, 0.717) is 10.2 Å². The molecular weight excluding hydrogens is 430 g/mol. The molecule has 0 fully saturated rings. The zero-order valence-corrected chi connectivity index (χ0v) is 18.0. The fraction of sp³-hybridized carbons (Fsp3) is 0.182. The smallest absolute Gasteiger partial charge is 0.210 e. The molecule has 1 unspecified atom stereocenters. The quantitative estimate of drug-likeness (QED) is 0.374. The fourth-order valence-corrected chi connectivity index (χ4v) is 5.23. The number of aromatic nitrogens is 6. The van der Waals surface area contributed by atoms with E-state index in [9.17, 15) is 0 Å². The molecule has 4 heterocycles. The number of aryl methyl sites for hydroxylation is 1. The first kappa shape index (κ1) is 18.5. The predicted molar refractivity (Wildman–Crippen MR) is 123 cm³/mol. The van der Waals surface area contributed by atoms with Crippen LogP contribution in [0.5, 0.6) is 0 Å². The van der Waals surface area contributed by atoms with Crippen molar-refractivity contribution in [1.82, 2.24) is 29.9 Å². The molecule has 2 N–H and O–H groups in total. The lowest BCUT2D eigenvalue weighted by atomic mass is 10.00. The molecule has 31 heavy (non-hydrogen) atoms. The number of aromatic amines is 1. The zero-order chi connectivity index (χ0) is 20.8. The highest BCUT2D eigenvalue weighted by molar-refractivity contribution is 7.15. The van der Waals surface area contributed by atoms with Gasteiger partial charge in [-0.3, -0.25) is 5.10 Å². The van der Waals surface area contributed by atoms with Crippen LogP contribution in [0.25, 0.3) is 22.2 Å². The molecule has 0 saturated carbocycles. The summed E-state index contributed by atoms with van der Waals surface area (Å²) < 4.78 is 2.26. The molecule has 0 amide bonds. The molecule has 2 aromatic carbocycles. The van der Waals surface area contributed by atoms with Crippen LogP contribution in [0.2, 0.25) is 5.02 Å². The van der Waals surface area contributed by atoms with Gasteiger partial charge in [-0.05, 0) is 25.0 Å². The number of rotatable bonds is 4. The van der Waals surface area contributed by atoms with Crippen LogP contribution in [0, 0.1) is 0 Å². The molecule has 0 saturated heterocycles. The van der Waals surface area contributed by atoms with E-state index in [0.717, 1.165) is 58.1 Å². The highest BCUT2D eigenvalue weighted by Gasteiger charge is 2.28. The Labute approximate surface area is 187 Å². The van der Waals surface area contributed by atoms with Gasteiger partial charge in [-0.15, -0.1) is 10.2 Å². The van der Waals surface area contributed by atoms with Crippen molar-refractivity contribution in [2.75, 3.05) is 5.32 Å². The van der Waals surface area contributed by atoms with Crippen LogP contribution in [-0.4, -0.2) is 29.9 Å². The first-order valence-electron chi connectivity index (χ1n) is 10.1. The second-order valence-electron chi connectivity index (χ2n) is 7.57. The molecule has 6 rings (SSSR count). The van der Waals surface area contributed by atoms with Crippen molar-refractivity contribution in [1.29, 1.82) is 0 Å². The molecule has 7 nitrogen and oxygen atoms in total. The van der Waals surface area contributed by atoms with Crippen molar-refractivity contribution in [3.63, 3.8) is 0 Å². The summed E-state index contributed by atoms with van der Waals surface area (Å²) in [6.45, 7) is 0.982. The first-order chi connectivity index (χ1) is 15.3. The van der Waals surface area contributed by atoms with Gasteiger partial charge in [-0.2, -0.15) is 5.10 Å². The second-order valence-corrected chi connectivity index (χ2v) is 8.95. The third-order valence-corrected chi connectivity index (χ3v) is 6.98. The highest BCUT2D eigenvalue weighted by atomic mass is 35.5. The van der Waals surface area contributed by atoms with Gasteiger partial charge in [-0.1, -0.05) is 53.3 Å². The van der Waals surface area contributed by atoms with Crippen LogP contribution in [0.1, 0.15) is 29.6 Å². The molecule has 1 aliphatic heterocycles. The molecule has 0 aliphatic carbocycles. The van der Waals surface area contributed by atoms with E-state index >= 15 is 0 Å². The summed E-state index contributed by atoms with van der Waals surface area (Å²) in [7, 11) is 0. The van der Waals surface area contributed by atoms with Crippen molar-refractivity contribution >= 4 is 44.7 Å². The number of anilines is 2. The Bertz CT molecular complexity index is 1370. The number of nitrogens with zero attached hydrogens (tertiary/aromatic N) is 5. The Morgan fingerprint density at radius 2 is 2.03 bits per heavy atom. The molecule has 1 aliphatic rings. The van der Waals surface area contributed by atoms with Gasteiger partial charge in [0.15, 0.2) is 0 Å². The minimum atomic E-state index is 0.145. The van der Waals surface area contributed by atoms with E-state index in [1.54, 1.807) is 17.5 Å². The molecule has 1 atom stereocenters. The summed E-state index contributed by atoms with van der Waals surface area (Å²) in [6.07, 6.45) is 5.98. The second kappa shape index (κ2) is 7.47. The monoisotopic (exact) mass is 447 g/mol.